The summed E-state index contributed by atoms with van der Waals surface area (Å²) in [5.41, 5.74) is 7.08. The van der Waals surface area contributed by atoms with Gasteiger partial charge in [-0.05, 0) is 38.5 Å². The maximum atomic E-state index is 13.8. The molecule has 0 unspecified atom stereocenters. The lowest BCUT2D eigenvalue weighted by atomic mass is 10.2. The van der Waals surface area contributed by atoms with E-state index in [1.807, 2.05) is 6.92 Å². The van der Waals surface area contributed by atoms with Crippen LogP contribution in [0.5, 0.6) is 0 Å². The van der Waals surface area contributed by atoms with Crippen molar-refractivity contribution in [2.45, 2.75) is 25.7 Å². The maximum absolute atomic E-state index is 13.8. The number of benzene rings is 1. The van der Waals surface area contributed by atoms with E-state index in [1.54, 1.807) is 13.8 Å². The predicted molar refractivity (Wildman–Crippen MR) is 77.9 cm³/mol. The Morgan fingerprint density at radius 2 is 1.95 bits per heavy atom. The van der Waals surface area contributed by atoms with Gasteiger partial charge in [0.1, 0.15) is 10.7 Å². The average Bonchev–Trinajstić information content (AvgIpc) is 2.61. The molecule has 1 aromatic carbocycles. The number of nitrogens with two attached hydrogens (primary N) is 1. The molecule has 0 amide bonds. The number of sulfonamides is 1. The van der Waals surface area contributed by atoms with Crippen LogP contribution >= 0.6 is 11.3 Å². The van der Waals surface area contributed by atoms with Gasteiger partial charge in [0.25, 0.3) is 10.0 Å². The van der Waals surface area contributed by atoms with Crippen LogP contribution in [-0.4, -0.2) is 13.4 Å². The quantitative estimate of drug-likeness (QED) is 0.853. The second-order valence-electron chi connectivity index (χ2n) is 4.41. The van der Waals surface area contributed by atoms with Gasteiger partial charge in [-0.1, -0.05) is 0 Å². The largest absolute Gasteiger partial charge is 0.398 e. The Kier molecular flexibility index (Phi) is 3.70. The van der Waals surface area contributed by atoms with Crippen LogP contribution in [0.2, 0.25) is 0 Å². The van der Waals surface area contributed by atoms with E-state index in [1.165, 1.54) is 11.3 Å². The number of rotatable bonds is 3. The van der Waals surface area contributed by atoms with Crippen molar-refractivity contribution in [3.8, 4) is 0 Å². The number of aryl methyl sites for hydroxylation is 3. The van der Waals surface area contributed by atoms with Gasteiger partial charge < -0.3 is 5.73 Å². The van der Waals surface area contributed by atoms with E-state index in [9.17, 15) is 12.8 Å². The summed E-state index contributed by atoms with van der Waals surface area (Å²) in [6.45, 7) is 5.21. The predicted octanol–water partition coefficient (Wildman–Crippen LogP) is 2.59. The van der Waals surface area contributed by atoms with Gasteiger partial charge in [0.15, 0.2) is 5.13 Å². The summed E-state index contributed by atoms with van der Waals surface area (Å²) in [5.74, 6) is -0.839. The summed E-state index contributed by atoms with van der Waals surface area (Å²) in [5, 5.41) is 0.207. The minimum atomic E-state index is -4.04. The van der Waals surface area contributed by atoms with E-state index < -0.39 is 20.7 Å². The van der Waals surface area contributed by atoms with Crippen molar-refractivity contribution in [3.63, 3.8) is 0 Å². The van der Waals surface area contributed by atoms with E-state index in [0.29, 0.717) is 5.56 Å². The second-order valence-corrected chi connectivity index (χ2v) is 7.26. The second kappa shape index (κ2) is 5.02. The first-order valence-corrected chi connectivity index (χ1v) is 8.03. The van der Waals surface area contributed by atoms with Gasteiger partial charge in [-0.15, -0.1) is 11.3 Å². The highest BCUT2D eigenvalue weighted by atomic mass is 32.2. The van der Waals surface area contributed by atoms with Crippen LogP contribution in [0.25, 0.3) is 0 Å². The highest BCUT2D eigenvalue weighted by Crippen LogP contribution is 2.26. The van der Waals surface area contributed by atoms with Crippen LogP contribution in [0.1, 0.15) is 16.1 Å². The average molecular weight is 315 g/mol. The van der Waals surface area contributed by atoms with Crippen LogP contribution in [-0.2, 0) is 10.0 Å². The molecule has 0 fully saturated rings. The Balaban J connectivity index is 2.43. The number of nitrogens with one attached hydrogen (secondary N) is 1. The van der Waals surface area contributed by atoms with Crippen LogP contribution in [0.3, 0.4) is 0 Å². The molecule has 0 aliphatic carbocycles. The number of halogens is 1. The number of thiazole rings is 1. The number of aromatic nitrogens is 1. The fourth-order valence-electron chi connectivity index (χ4n) is 1.56. The number of anilines is 2. The van der Waals surface area contributed by atoms with Gasteiger partial charge >= 0.3 is 0 Å². The zero-order valence-electron chi connectivity index (χ0n) is 11.2. The fraction of sp³-hybridized carbons (Fsp3) is 0.250. The molecule has 0 atom stereocenters. The molecule has 1 aromatic heterocycles. The SMILES string of the molecule is Cc1cc(F)c(S(=O)(=O)Nc2nc(C)c(C)s2)cc1N. The molecular formula is C12H14FN3O2S2. The van der Waals surface area contributed by atoms with E-state index in [4.69, 9.17) is 5.73 Å². The molecule has 8 heteroatoms. The lowest BCUT2D eigenvalue weighted by molar-refractivity contribution is 0.570. The molecule has 0 aliphatic heterocycles. The molecule has 0 radical (unpaired) electrons. The smallest absolute Gasteiger partial charge is 0.266 e. The third-order valence-electron chi connectivity index (χ3n) is 2.86. The summed E-state index contributed by atoms with van der Waals surface area (Å²) < 4.78 is 40.4. The molecule has 0 aliphatic rings. The van der Waals surface area contributed by atoms with E-state index in [-0.39, 0.29) is 10.8 Å². The van der Waals surface area contributed by atoms with Crippen LogP contribution < -0.4 is 10.5 Å². The van der Waals surface area contributed by atoms with Crippen molar-refractivity contribution in [1.82, 2.24) is 4.98 Å². The fourth-order valence-corrected chi connectivity index (χ4v) is 3.71. The van der Waals surface area contributed by atoms with Gasteiger partial charge in [-0.3, -0.25) is 4.72 Å². The van der Waals surface area contributed by atoms with Gasteiger partial charge in [0, 0.05) is 10.6 Å². The minimum absolute atomic E-state index is 0.207. The first-order chi connectivity index (χ1) is 9.20. The maximum Gasteiger partial charge on any atom is 0.266 e. The summed E-state index contributed by atoms with van der Waals surface area (Å²) in [6.07, 6.45) is 0. The molecule has 2 rings (SSSR count). The van der Waals surface area contributed by atoms with Crippen LogP contribution in [0, 0.1) is 26.6 Å². The lowest BCUT2D eigenvalue weighted by Gasteiger charge is -2.08. The molecule has 108 valence electrons. The Hall–Kier alpha value is -1.67. The first-order valence-electron chi connectivity index (χ1n) is 5.73. The van der Waals surface area contributed by atoms with Gasteiger partial charge in [-0.2, -0.15) is 0 Å². The van der Waals surface area contributed by atoms with E-state index in [0.717, 1.165) is 22.7 Å². The number of nitrogens with zero attached hydrogens (tertiary/aromatic N) is 1. The monoisotopic (exact) mass is 315 g/mol. The minimum Gasteiger partial charge on any atom is -0.398 e. The molecule has 0 bridgehead atoms. The molecule has 0 spiro atoms. The highest BCUT2D eigenvalue weighted by Gasteiger charge is 2.22. The van der Waals surface area contributed by atoms with Crippen LogP contribution in [0.4, 0.5) is 15.2 Å². The van der Waals surface area contributed by atoms with Crippen molar-refractivity contribution in [3.05, 3.63) is 34.1 Å². The first kappa shape index (κ1) is 14.7. The van der Waals surface area contributed by atoms with Gasteiger partial charge in [-0.25, -0.2) is 17.8 Å². The van der Waals surface area contributed by atoms with Gasteiger partial charge in [0.2, 0.25) is 0 Å². The van der Waals surface area contributed by atoms with E-state index in [2.05, 4.69) is 9.71 Å². The summed E-state index contributed by atoms with van der Waals surface area (Å²) in [6, 6.07) is 2.21. The molecule has 5 nitrogen and oxygen atoms in total. The number of hydrogen-bond acceptors (Lipinski definition) is 5. The zero-order chi connectivity index (χ0) is 15.1. The molecule has 0 saturated carbocycles. The molecule has 1 heterocycles. The highest BCUT2D eigenvalue weighted by molar-refractivity contribution is 7.93. The Morgan fingerprint density at radius 3 is 2.50 bits per heavy atom. The van der Waals surface area contributed by atoms with Gasteiger partial charge in [0.05, 0.1) is 5.69 Å². The van der Waals surface area contributed by atoms with Crippen molar-refractivity contribution < 1.29 is 12.8 Å². The molecule has 0 saturated heterocycles. The molecular weight excluding hydrogens is 301 g/mol. The molecule has 20 heavy (non-hydrogen) atoms. The Morgan fingerprint density at radius 1 is 1.30 bits per heavy atom. The topological polar surface area (TPSA) is 85.1 Å². The van der Waals surface area contributed by atoms with Crippen LogP contribution in [0.15, 0.2) is 17.0 Å². The molecule has 3 N–H and O–H groups in total. The van der Waals surface area contributed by atoms with Crippen molar-refractivity contribution >= 4 is 32.2 Å². The number of nitrogen functional groups attached to an aromatic ring is 1. The van der Waals surface area contributed by atoms with Crippen molar-refractivity contribution in [2.75, 3.05) is 10.5 Å². The van der Waals surface area contributed by atoms with E-state index >= 15 is 0 Å². The summed E-state index contributed by atoms with van der Waals surface area (Å²) in [4.78, 5) is 4.48. The lowest BCUT2D eigenvalue weighted by Crippen LogP contribution is -2.15. The standard InChI is InChI=1S/C12H14FN3O2S2/c1-6-4-9(13)11(5-10(6)14)20(17,18)16-12-15-7(2)8(3)19-12/h4-5H,14H2,1-3H3,(H,15,16). The third-order valence-corrected chi connectivity index (χ3v) is 5.33. The Labute approximate surface area is 120 Å². The third kappa shape index (κ3) is 2.75. The summed E-state index contributed by atoms with van der Waals surface area (Å²) >= 11 is 1.19. The Bertz CT molecular complexity index is 750. The zero-order valence-corrected chi connectivity index (χ0v) is 12.8. The van der Waals surface area contributed by atoms with Crippen molar-refractivity contribution in [2.24, 2.45) is 0 Å². The number of hydrogen-bond donors (Lipinski definition) is 2. The normalized spacial score (nSPS) is 11.6. The van der Waals surface area contributed by atoms with Crippen molar-refractivity contribution in [1.29, 1.82) is 0 Å². The molecule has 2 aromatic rings. The summed E-state index contributed by atoms with van der Waals surface area (Å²) in [7, 11) is -4.04.